The van der Waals surface area contributed by atoms with Crippen molar-refractivity contribution in [3.8, 4) is 5.69 Å². The smallest absolute Gasteiger partial charge is 0.315 e. The summed E-state index contributed by atoms with van der Waals surface area (Å²) in [5.41, 5.74) is 1.53. The fraction of sp³-hybridized carbons (Fsp3) is 0.500. The number of carbonyl (C=O) groups is 1. The number of amides is 2. The zero-order valence-electron chi connectivity index (χ0n) is 16.0. The molecule has 1 atom stereocenters. The van der Waals surface area contributed by atoms with Crippen LogP contribution in [0.3, 0.4) is 0 Å². The molecule has 2 amide bonds. The molecule has 2 N–H and O–H groups in total. The van der Waals surface area contributed by atoms with Crippen LogP contribution in [0.2, 0.25) is 0 Å². The van der Waals surface area contributed by atoms with E-state index < -0.39 is 0 Å². The van der Waals surface area contributed by atoms with Crippen molar-refractivity contribution in [2.75, 3.05) is 6.54 Å². The quantitative estimate of drug-likeness (QED) is 0.865. The lowest BCUT2D eigenvalue weighted by Crippen LogP contribution is -2.50. The van der Waals surface area contributed by atoms with E-state index in [4.69, 9.17) is 4.74 Å². The van der Waals surface area contributed by atoms with E-state index in [-0.39, 0.29) is 23.3 Å². The molecular formula is C20H28N4O2. The van der Waals surface area contributed by atoms with Crippen molar-refractivity contribution < 1.29 is 9.53 Å². The molecule has 2 aromatic rings. The summed E-state index contributed by atoms with van der Waals surface area (Å²) in [5, 5.41) is 10.3. The van der Waals surface area contributed by atoms with Gasteiger partial charge in [0.15, 0.2) is 0 Å². The minimum absolute atomic E-state index is 0.00155. The van der Waals surface area contributed by atoms with E-state index in [1.54, 1.807) is 0 Å². The maximum Gasteiger partial charge on any atom is 0.315 e. The van der Waals surface area contributed by atoms with Gasteiger partial charge in [-0.3, -0.25) is 0 Å². The van der Waals surface area contributed by atoms with Gasteiger partial charge in [-0.05, 0) is 58.2 Å². The average molecular weight is 356 g/mol. The molecule has 1 aliphatic heterocycles. The number of ether oxygens (including phenoxy) is 1. The highest BCUT2D eigenvalue weighted by atomic mass is 16.5. The molecule has 0 spiro atoms. The molecular weight excluding hydrogens is 328 g/mol. The molecule has 1 fully saturated rings. The third-order valence-corrected chi connectivity index (χ3v) is 4.74. The van der Waals surface area contributed by atoms with Gasteiger partial charge in [0.2, 0.25) is 0 Å². The van der Waals surface area contributed by atoms with E-state index in [2.05, 4.69) is 29.6 Å². The Morgan fingerprint density at radius 3 is 2.65 bits per heavy atom. The van der Waals surface area contributed by atoms with Crippen LogP contribution in [0.25, 0.3) is 5.69 Å². The fourth-order valence-corrected chi connectivity index (χ4v) is 3.53. The van der Waals surface area contributed by atoms with Gasteiger partial charge in [0, 0.05) is 12.7 Å². The maximum atomic E-state index is 12.2. The first-order valence-corrected chi connectivity index (χ1v) is 9.09. The second-order valence-electron chi connectivity index (χ2n) is 8.00. The standard InChI is InChI=1S/C20H28N4O2/c1-19(2)12-17(20(3,4)26-19)23-18(25)21-11-10-15-13-22-24(14-15)16-8-6-5-7-9-16/h5-9,13-14,17H,10-12H2,1-4H3,(H2,21,23,25). The lowest BCUT2D eigenvalue weighted by molar-refractivity contribution is -0.0690. The van der Waals surface area contributed by atoms with E-state index >= 15 is 0 Å². The number of nitrogens with zero attached hydrogens (tertiary/aromatic N) is 2. The van der Waals surface area contributed by atoms with Crippen molar-refractivity contribution in [2.45, 2.75) is 57.8 Å². The van der Waals surface area contributed by atoms with Gasteiger partial charge in [-0.25, -0.2) is 9.48 Å². The Morgan fingerprint density at radius 1 is 1.27 bits per heavy atom. The van der Waals surface area contributed by atoms with Crippen molar-refractivity contribution in [2.24, 2.45) is 0 Å². The molecule has 1 aromatic carbocycles. The summed E-state index contributed by atoms with van der Waals surface area (Å²) < 4.78 is 7.86. The van der Waals surface area contributed by atoms with E-state index in [9.17, 15) is 4.79 Å². The second-order valence-corrected chi connectivity index (χ2v) is 8.00. The highest BCUT2D eigenvalue weighted by Crippen LogP contribution is 2.37. The first-order valence-electron chi connectivity index (χ1n) is 9.09. The minimum atomic E-state index is -0.363. The Bertz CT molecular complexity index is 752. The Hall–Kier alpha value is -2.34. The molecule has 0 bridgehead atoms. The maximum absolute atomic E-state index is 12.2. The fourth-order valence-electron chi connectivity index (χ4n) is 3.53. The van der Waals surface area contributed by atoms with Crippen LogP contribution in [0.5, 0.6) is 0 Å². The van der Waals surface area contributed by atoms with E-state index in [0.717, 1.165) is 24.1 Å². The number of urea groups is 1. The Labute approximate surface area is 154 Å². The highest BCUT2D eigenvalue weighted by Gasteiger charge is 2.46. The van der Waals surface area contributed by atoms with Gasteiger partial charge in [0.25, 0.3) is 0 Å². The van der Waals surface area contributed by atoms with Gasteiger partial charge in [0.1, 0.15) is 0 Å². The molecule has 3 rings (SSSR count). The number of hydrogen-bond acceptors (Lipinski definition) is 3. The van der Waals surface area contributed by atoms with Gasteiger partial charge in [-0.2, -0.15) is 5.10 Å². The van der Waals surface area contributed by atoms with Crippen LogP contribution in [0.4, 0.5) is 4.79 Å². The summed E-state index contributed by atoms with van der Waals surface area (Å²) in [6, 6.07) is 9.81. The van der Waals surface area contributed by atoms with Crippen molar-refractivity contribution in [1.29, 1.82) is 0 Å². The highest BCUT2D eigenvalue weighted by molar-refractivity contribution is 5.74. The number of hydrogen-bond donors (Lipinski definition) is 2. The largest absolute Gasteiger partial charge is 0.367 e. The predicted molar refractivity (Wildman–Crippen MR) is 101 cm³/mol. The Morgan fingerprint density at radius 2 is 2.00 bits per heavy atom. The lowest BCUT2D eigenvalue weighted by atomic mass is 9.95. The van der Waals surface area contributed by atoms with Gasteiger partial charge in [0.05, 0.1) is 29.1 Å². The SMILES string of the molecule is CC1(C)CC(NC(=O)NCCc2cnn(-c3ccccc3)c2)C(C)(C)O1. The summed E-state index contributed by atoms with van der Waals surface area (Å²) in [6.45, 7) is 8.70. The van der Waals surface area contributed by atoms with Gasteiger partial charge >= 0.3 is 6.03 Å². The average Bonchev–Trinajstić information content (AvgIpc) is 3.10. The van der Waals surface area contributed by atoms with Gasteiger partial charge in [-0.15, -0.1) is 0 Å². The van der Waals surface area contributed by atoms with Crippen molar-refractivity contribution in [1.82, 2.24) is 20.4 Å². The molecule has 0 aliphatic carbocycles. The van der Waals surface area contributed by atoms with Crippen LogP contribution in [0, 0.1) is 0 Å². The van der Waals surface area contributed by atoms with Crippen LogP contribution >= 0.6 is 0 Å². The van der Waals surface area contributed by atoms with E-state index in [1.807, 2.05) is 61.3 Å². The normalized spacial score (nSPS) is 20.7. The van der Waals surface area contributed by atoms with E-state index in [0.29, 0.717) is 6.54 Å². The zero-order chi connectivity index (χ0) is 18.8. The third kappa shape index (κ3) is 4.43. The van der Waals surface area contributed by atoms with E-state index in [1.165, 1.54) is 0 Å². The molecule has 0 saturated carbocycles. The zero-order valence-corrected chi connectivity index (χ0v) is 16.0. The van der Waals surface area contributed by atoms with Crippen LogP contribution in [-0.2, 0) is 11.2 Å². The van der Waals surface area contributed by atoms with Crippen LogP contribution < -0.4 is 10.6 Å². The number of nitrogens with one attached hydrogen (secondary N) is 2. The predicted octanol–water partition coefficient (Wildman–Crippen LogP) is 3.06. The molecule has 1 aromatic heterocycles. The molecule has 140 valence electrons. The van der Waals surface area contributed by atoms with Gasteiger partial charge in [-0.1, -0.05) is 18.2 Å². The molecule has 1 aliphatic rings. The van der Waals surface area contributed by atoms with Crippen LogP contribution in [-0.4, -0.2) is 39.6 Å². The minimum Gasteiger partial charge on any atom is -0.367 e. The summed E-state index contributed by atoms with van der Waals surface area (Å²) in [4.78, 5) is 12.2. The molecule has 1 unspecified atom stereocenters. The summed E-state index contributed by atoms with van der Waals surface area (Å²) in [6.07, 6.45) is 5.36. The molecule has 6 nitrogen and oxygen atoms in total. The number of para-hydroxylation sites is 1. The van der Waals surface area contributed by atoms with Crippen LogP contribution in [0.15, 0.2) is 42.7 Å². The van der Waals surface area contributed by atoms with Crippen molar-refractivity contribution in [3.05, 3.63) is 48.3 Å². The molecule has 26 heavy (non-hydrogen) atoms. The topological polar surface area (TPSA) is 68.2 Å². The van der Waals surface area contributed by atoms with Gasteiger partial charge < -0.3 is 15.4 Å². The molecule has 2 heterocycles. The monoisotopic (exact) mass is 356 g/mol. The number of carbonyl (C=O) groups excluding carboxylic acids is 1. The molecule has 6 heteroatoms. The number of aromatic nitrogens is 2. The third-order valence-electron chi connectivity index (χ3n) is 4.74. The Balaban J connectivity index is 1.47. The second kappa shape index (κ2) is 7.11. The molecule has 1 saturated heterocycles. The van der Waals surface area contributed by atoms with Crippen molar-refractivity contribution >= 4 is 6.03 Å². The molecule has 0 radical (unpaired) electrons. The summed E-state index contributed by atoms with van der Waals surface area (Å²) in [7, 11) is 0. The lowest BCUT2D eigenvalue weighted by Gasteiger charge is -2.27. The summed E-state index contributed by atoms with van der Waals surface area (Å²) in [5.74, 6) is 0. The van der Waals surface area contributed by atoms with Crippen molar-refractivity contribution in [3.63, 3.8) is 0 Å². The van der Waals surface area contributed by atoms with Crippen LogP contribution in [0.1, 0.15) is 39.7 Å². The summed E-state index contributed by atoms with van der Waals surface area (Å²) >= 11 is 0. The number of benzene rings is 1. The Kier molecular flexibility index (Phi) is 5.05. The first-order chi connectivity index (χ1) is 12.3. The first kappa shape index (κ1) is 18.5. The number of rotatable bonds is 5.